The summed E-state index contributed by atoms with van der Waals surface area (Å²) in [7, 11) is -1.46. The van der Waals surface area contributed by atoms with Gasteiger partial charge in [0.2, 0.25) is 10.0 Å². The van der Waals surface area contributed by atoms with E-state index in [0.717, 1.165) is 6.26 Å². The number of carboxylic acid groups (broad SMARTS) is 1. The minimum Gasteiger partial charge on any atom is -0.481 e. The van der Waals surface area contributed by atoms with Crippen molar-refractivity contribution in [1.82, 2.24) is 9.21 Å². The summed E-state index contributed by atoms with van der Waals surface area (Å²) in [6.07, 6.45) is 0.976. The van der Waals surface area contributed by atoms with Gasteiger partial charge in [0.05, 0.1) is 12.7 Å². The number of hydrogen-bond acceptors (Lipinski definition) is 4. The van der Waals surface area contributed by atoms with Crippen LogP contribution in [0.15, 0.2) is 0 Å². The normalized spacial score (nSPS) is 29.2. The molecule has 0 saturated carbocycles. The Kier molecular flexibility index (Phi) is 3.92. The fourth-order valence-corrected chi connectivity index (χ4v) is 3.10. The van der Waals surface area contributed by atoms with Crippen molar-refractivity contribution in [3.05, 3.63) is 0 Å². The molecule has 16 heavy (non-hydrogen) atoms. The van der Waals surface area contributed by atoms with Crippen molar-refractivity contribution in [2.24, 2.45) is 0 Å². The lowest BCUT2D eigenvalue weighted by Gasteiger charge is -2.41. The van der Waals surface area contributed by atoms with E-state index in [4.69, 9.17) is 5.11 Å². The third-order valence-electron chi connectivity index (χ3n) is 2.94. The molecular weight excluding hydrogens is 232 g/mol. The summed E-state index contributed by atoms with van der Waals surface area (Å²) in [6.45, 7) is 2.74. The minimum atomic E-state index is -3.33. The topological polar surface area (TPSA) is 77.9 Å². The molecule has 94 valence electrons. The Bertz CT molecular complexity index is 368. The van der Waals surface area contributed by atoms with Gasteiger partial charge in [0, 0.05) is 25.2 Å². The first-order chi connectivity index (χ1) is 7.21. The van der Waals surface area contributed by atoms with E-state index in [2.05, 4.69) is 0 Å². The summed E-state index contributed by atoms with van der Waals surface area (Å²) >= 11 is 0. The number of nitrogens with zero attached hydrogens (tertiary/aromatic N) is 2. The smallest absolute Gasteiger partial charge is 0.305 e. The van der Waals surface area contributed by atoms with E-state index in [1.165, 1.54) is 4.31 Å². The molecule has 0 amide bonds. The third kappa shape index (κ3) is 3.16. The van der Waals surface area contributed by atoms with E-state index in [9.17, 15) is 13.2 Å². The molecule has 0 spiro atoms. The quantitative estimate of drug-likeness (QED) is 0.725. The zero-order chi connectivity index (χ0) is 12.5. The van der Waals surface area contributed by atoms with E-state index in [1.54, 1.807) is 0 Å². The first-order valence-electron chi connectivity index (χ1n) is 5.10. The van der Waals surface area contributed by atoms with Crippen LogP contribution < -0.4 is 0 Å². The lowest BCUT2D eigenvalue weighted by molar-refractivity contribution is -0.138. The number of piperazine rings is 1. The van der Waals surface area contributed by atoms with Gasteiger partial charge in [-0.1, -0.05) is 0 Å². The van der Waals surface area contributed by atoms with Crippen LogP contribution in [0.3, 0.4) is 0 Å². The molecule has 0 bridgehead atoms. The lowest BCUT2D eigenvalue weighted by Crippen LogP contribution is -2.57. The maximum absolute atomic E-state index is 11.5. The van der Waals surface area contributed by atoms with Crippen LogP contribution >= 0.6 is 0 Å². The Morgan fingerprint density at radius 1 is 1.44 bits per heavy atom. The first-order valence-corrected chi connectivity index (χ1v) is 6.95. The Balaban J connectivity index is 2.88. The van der Waals surface area contributed by atoms with Gasteiger partial charge < -0.3 is 10.0 Å². The molecule has 0 unspecified atom stereocenters. The third-order valence-corrected chi connectivity index (χ3v) is 4.24. The van der Waals surface area contributed by atoms with Crippen LogP contribution in [-0.4, -0.2) is 67.2 Å². The standard InChI is InChI=1S/C9H18N2O4S/c1-7-5-11(16(3,14)15)8(4-9(12)13)6-10(7)2/h7-8H,4-6H2,1-3H3,(H,12,13)/t7-,8-/m1/s1. The van der Waals surface area contributed by atoms with E-state index in [0.29, 0.717) is 13.1 Å². The number of aliphatic carboxylic acids is 1. The molecule has 1 N–H and O–H groups in total. The number of hydrogen-bond donors (Lipinski definition) is 1. The average Bonchev–Trinajstić information content (AvgIpc) is 2.08. The highest BCUT2D eigenvalue weighted by molar-refractivity contribution is 7.88. The van der Waals surface area contributed by atoms with E-state index in [-0.39, 0.29) is 12.5 Å². The summed E-state index contributed by atoms with van der Waals surface area (Å²) in [6, 6.07) is -0.353. The van der Waals surface area contributed by atoms with Crippen LogP contribution in [0.1, 0.15) is 13.3 Å². The molecule has 0 aromatic carbocycles. The van der Waals surface area contributed by atoms with E-state index < -0.39 is 22.0 Å². The Labute approximate surface area is 95.9 Å². The first kappa shape index (κ1) is 13.4. The van der Waals surface area contributed by atoms with Crippen molar-refractivity contribution in [1.29, 1.82) is 0 Å². The van der Waals surface area contributed by atoms with Crippen LogP contribution in [0.25, 0.3) is 0 Å². The van der Waals surface area contributed by atoms with Gasteiger partial charge in [0.1, 0.15) is 0 Å². The van der Waals surface area contributed by atoms with Gasteiger partial charge in [-0.25, -0.2) is 8.42 Å². The Hall–Kier alpha value is -0.660. The van der Waals surface area contributed by atoms with Crippen LogP contribution in [0, 0.1) is 0 Å². The monoisotopic (exact) mass is 250 g/mol. The molecule has 0 aromatic rings. The molecule has 0 aromatic heterocycles. The molecule has 1 aliphatic rings. The van der Waals surface area contributed by atoms with Gasteiger partial charge in [-0.2, -0.15) is 4.31 Å². The fourth-order valence-electron chi connectivity index (χ4n) is 1.93. The molecule has 1 heterocycles. The molecular formula is C9H18N2O4S. The molecule has 7 heteroatoms. The summed E-state index contributed by atoms with van der Waals surface area (Å²) in [5, 5.41) is 8.76. The van der Waals surface area contributed by atoms with Crippen molar-refractivity contribution < 1.29 is 18.3 Å². The average molecular weight is 250 g/mol. The molecule has 1 fully saturated rings. The van der Waals surface area contributed by atoms with Gasteiger partial charge in [0.25, 0.3) is 0 Å². The number of likely N-dealkylation sites (N-methyl/N-ethyl adjacent to an activating group) is 1. The Morgan fingerprint density at radius 3 is 2.44 bits per heavy atom. The summed E-state index contributed by atoms with van der Waals surface area (Å²) in [5.74, 6) is -0.971. The SMILES string of the molecule is C[C@@H]1CN(S(C)(=O)=O)[C@H](CC(=O)O)CN1C. The maximum Gasteiger partial charge on any atom is 0.305 e. The molecule has 0 radical (unpaired) electrons. The number of carboxylic acids is 1. The number of rotatable bonds is 3. The van der Waals surface area contributed by atoms with E-state index >= 15 is 0 Å². The van der Waals surface area contributed by atoms with E-state index in [1.807, 2.05) is 18.9 Å². The lowest BCUT2D eigenvalue weighted by atomic mass is 10.1. The summed E-state index contributed by atoms with van der Waals surface area (Å²) < 4.78 is 24.4. The van der Waals surface area contributed by atoms with Crippen molar-refractivity contribution in [2.45, 2.75) is 25.4 Å². The predicted octanol–water partition coefficient (Wildman–Crippen LogP) is -0.575. The predicted molar refractivity (Wildman–Crippen MR) is 59.7 cm³/mol. The number of carbonyl (C=O) groups is 1. The summed E-state index contributed by atoms with van der Waals surface area (Å²) in [5.41, 5.74) is 0. The maximum atomic E-state index is 11.5. The van der Waals surface area contributed by atoms with Gasteiger partial charge in [0.15, 0.2) is 0 Å². The highest BCUT2D eigenvalue weighted by Crippen LogP contribution is 2.19. The largest absolute Gasteiger partial charge is 0.481 e. The van der Waals surface area contributed by atoms with Crippen LogP contribution in [0.2, 0.25) is 0 Å². The van der Waals surface area contributed by atoms with Crippen molar-refractivity contribution in [3.63, 3.8) is 0 Å². The van der Waals surface area contributed by atoms with Gasteiger partial charge in [-0.05, 0) is 14.0 Å². The zero-order valence-corrected chi connectivity index (χ0v) is 10.6. The van der Waals surface area contributed by atoms with Crippen molar-refractivity contribution >= 4 is 16.0 Å². The molecule has 1 rings (SSSR count). The van der Waals surface area contributed by atoms with Gasteiger partial charge in [-0.15, -0.1) is 0 Å². The second-order valence-electron chi connectivity index (χ2n) is 4.37. The van der Waals surface area contributed by atoms with Crippen LogP contribution in [0.5, 0.6) is 0 Å². The molecule has 0 aliphatic carbocycles. The highest BCUT2D eigenvalue weighted by atomic mass is 32.2. The second kappa shape index (κ2) is 4.68. The number of sulfonamides is 1. The molecule has 1 saturated heterocycles. The van der Waals surface area contributed by atoms with Crippen LogP contribution in [-0.2, 0) is 14.8 Å². The van der Waals surface area contributed by atoms with Gasteiger partial charge in [-0.3, -0.25) is 4.79 Å². The zero-order valence-electron chi connectivity index (χ0n) is 9.75. The molecule has 1 aliphatic heterocycles. The Morgan fingerprint density at radius 2 is 2.00 bits per heavy atom. The minimum absolute atomic E-state index is 0.111. The van der Waals surface area contributed by atoms with Crippen LogP contribution in [0.4, 0.5) is 0 Å². The highest BCUT2D eigenvalue weighted by Gasteiger charge is 2.35. The summed E-state index contributed by atoms with van der Waals surface area (Å²) in [4.78, 5) is 12.7. The molecule has 2 atom stereocenters. The second-order valence-corrected chi connectivity index (χ2v) is 6.31. The van der Waals surface area contributed by atoms with Gasteiger partial charge >= 0.3 is 5.97 Å². The van der Waals surface area contributed by atoms with Crippen molar-refractivity contribution in [3.8, 4) is 0 Å². The fraction of sp³-hybridized carbons (Fsp3) is 0.889. The molecule has 6 nitrogen and oxygen atoms in total. The van der Waals surface area contributed by atoms with Crippen molar-refractivity contribution in [2.75, 3.05) is 26.4 Å².